The molecule has 1 aromatic carbocycles. The molecule has 2 aliphatic rings. The minimum absolute atomic E-state index is 0.00533. The normalized spacial score (nSPS) is 18.9. The van der Waals surface area contributed by atoms with E-state index in [4.69, 9.17) is 10.6 Å². The van der Waals surface area contributed by atoms with Crippen molar-refractivity contribution in [2.75, 3.05) is 30.9 Å². The summed E-state index contributed by atoms with van der Waals surface area (Å²) in [5.74, 6) is 5.62. The number of hydrogen-bond donors (Lipinski definition) is 1. The number of nitrogen functional groups attached to an aromatic ring is 1. The number of halogens is 1. The minimum atomic E-state index is -0.785. The smallest absolute Gasteiger partial charge is 0.354 e. The zero-order valence-corrected chi connectivity index (χ0v) is 16.7. The number of anilines is 1. The van der Waals surface area contributed by atoms with Gasteiger partial charge in [-0.2, -0.15) is 4.68 Å². The van der Waals surface area contributed by atoms with Gasteiger partial charge in [0.25, 0.3) is 5.56 Å². The zero-order valence-electron chi connectivity index (χ0n) is 16.7. The van der Waals surface area contributed by atoms with Crippen molar-refractivity contribution in [1.82, 2.24) is 9.08 Å². The van der Waals surface area contributed by atoms with Gasteiger partial charge in [-0.1, -0.05) is 30.3 Å². The standard InChI is InChI=1S/C22H23FN4O3/c1-30-20-18(25-10-9-15(11-25)13-5-3-2-4-6-13)16(23)12-26-19(20)17(14-7-8-14)21(28)27(24)22(26)29/h2-6,12,14-15H,7-11,24H2,1H3. The Morgan fingerprint density at radius 2 is 1.83 bits per heavy atom. The largest absolute Gasteiger partial charge is 0.492 e. The monoisotopic (exact) mass is 410 g/mol. The number of nitrogens with zero attached hydrogens (tertiary/aromatic N) is 3. The van der Waals surface area contributed by atoms with Gasteiger partial charge in [0.1, 0.15) is 11.2 Å². The van der Waals surface area contributed by atoms with Gasteiger partial charge >= 0.3 is 5.69 Å². The summed E-state index contributed by atoms with van der Waals surface area (Å²) in [5.41, 5.74) is 0.936. The van der Waals surface area contributed by atoms with Crippen LogP contribution in [0, 0.1) is 5.82 Å². The van der Waals surface area contributed by atoms with Crippen LogP contribution in [0.15, 0.2) is 46.1 Å². The van der Waals surface area contributed by atoms with Crippen LogP contribution in [0.25, 0.3) is 5.52 Å². The van der Waals surface area contributed by atoms with Crippen molar-refractivity contribution in [3.05, 3.63) is 74.3 Å². The maximum atomic E-state index is 15.3. The van der Waals surface area contributed by atoms with E-state index in [2.05, 4.69) is 12.1 Å². The molecule has 1 aliphatic carbocycles. The van der Waals surface area contributed by atoms with Gasteiger partial charge in [0.05, 0.1) is 18.9 Å². The van der Waals surface area contributed by atoms with E-state index in [9.17, 15) is 9.59 Å². The Labute approximate surface area is 172 Å². The maximum absolute atomic E-state index is 15.3. The fraction of sp³-hybridized carbons (Fsp3) is 0.364. The average molecular weight is 410 g/mol. The third-order valence-electron chi connectivity index (χ3n) is 6.22. The first-order valence-corrected chi connectivity index (χ1v) is 10.1. The van der Waals surface area contributed by atoms with Crippen LogP contribution in [-0.4, -0.2) is 29.3 Å². The van der Waals surface area contributed by atoms with Crippen molar-refractivity contribution in [2.45, 2.75) is 31.1 Å². The van der Waals surface area contributed by atoms with E-state index in [1.54, 1.807) is 0 Å². The molecule has 3 aromatic rings. The van der Waals surface area contributed by atoms with Gasteiger partial charge in [0, 0.05) is 19.0 Å². The lowest BCUT2D eigenvalue weighted by Gasteiger charge is -2.24. The van der Waals surface area contributed by atoms with Crippen LogP contribution >= 0.6 is 0 Å². The Bertz CT molecular complexity index is 1250. The Morgan fingerprint density at radius 1 is 1.10 bits per heavy atom. The number of nitrogens with two attached hydrogens (primary N) is 1. The number of benzene rings is 1. The highest BCUT2D eigenvalue weighted by Gasteiger charge is 2.35. The first-order valence-electron chi connectivity index (χ1n) is 10.1. The number of fused-ring (bicyclic) bond motifs is 1. The topological polar surface area (TPSA) is 82.0 Å². The molecule has 3 heterocycles. The molecular weight excluding hydrogens is 387 g/mol. The molecule has 8 heteroatoms. The molecule has 2 aromatic heterocycles. The second-order valence-electron chi connectivity index (χ2n) is 8.07. The van der Waals surface area contributed by atoms with Gasteiger partial charge in [0.15, 0.2) is 11.6 Å². The Balaban J connectivity index is 1.69. The Kier molecular flexibility index (Phi) is 4.30. The number of hydrogen-bond acceptors (Lipinski definition) is 5. The van der Waals surface area contributed by atoms with Gasteiger partial charge in [-0.15, -0.1) is 0 Å². The molecule has 1 atom stereocenters. The first-order chi connectivity index (χ1) is 14.5. The molecule has 1 aliphatic heterocycles. The third kappa shape index (κ3) is 2.78. The van der Waals surface area contributed by atoms with Crippen molar-refractivity contribution in [2.24, 2.45) is 0 Å². The zero-order chi connectivity index (χ0) is 21.0. The highest BCUT2D eigenvalue weighted by atomic mass is 19.1. The predicted octanol–water partition coefficient (Wildman–Crippen LogP) is 2.19. The Morgan fingerprint density at radius 3 is 2.50 bits per heavy atom. The van der Waals surface area contributed by atoms with E-state index in [0.29, 0.717) is 34.5 Å². The second-order valence-corrected chi connectivity index (χ2v) is 8.07. The number of aromatic nitrogens is 2. The molecule has 0 bridgehead atoms. The predicted molar refractivity (Wildman–Crippen MR) is 113 cm³/mol. The summed E-state index contributed by atoms with van der Waals surface area (Å²) in [5, 5.41) is 0. The SMILES string of the molecule is COc1c(N2CCC(c3ccccc3)C2)c(F)cn2c(=O)n(N)c(=O)c(C3CC3)c12. The van der Waals surface area contributed by atoms with E-state index < -0.39 is 17.1 Å². The van der Waals surface area contributed by atoms with E-state index >= 15 is 4.39 Å². The van der Waals surface area contributed by atoms with Gasteiger partial charge in [-0.05, 0) is 30.7 Å². The van der Waals surface area contributed by atoms with Gasteiger partial charge in [-0.25, -0.2) is 9.18 Å². The summed E-state index contributed by atoms with van der Waals surface area (Å²) < 4.78 is 22.6. The van der Waals surface area contributed by atoms with Crippen LogP contribution in [0.5, 0.6) is 5.75 Å². The van der Waals surface area contributed by atoms with E-state index in [-0.39, 0.29) is 17.6 Å². The van der Waals surface area contributed by atoms with Crippen molar-refractivity contribution in [3.63, 3.8) is 0 Å². The lowest BCUT2D eigenvalue weighted by molar-refractivity contribution is 0.412. The summed E-state index contributed by atoms with van der Waals surface area (Å²) >= 11 is 0. The highest BCUT2D eigenvalue weighted by Crippen LogP contribution is 2.45. The summed E-state index contributed by atoms with van der Waals surface area (Å²) in [6.07, 6.45) is 3.67. The van der Waals surface area contributed by atoms with Crippen LogP contribution in [-0.2, 0) is 0 Å². The molecule has 2 N–H and O–H groups in total. The first kappa shape index (κ1) is 18.7. The maximum Gasteiger partial charge on any atom is 0.354 e. The van der Waals surface area contributed by atoms with Gasteiger partial charge in [0.2, 0.25) is 0 Å². The van der Waals surface area contributed by atoms with Gasteiger partial charge in [-0.3, -0.25) is 9.20 Å². The molecule has 0 spiro atoms. The molecule has 30 heavy (non-hydrogen) atoms. The van der Waals surface area contributed by atoms with Crippen molar-refractivity contribution >= 4 is 11.2 Å². The molecule has 1 saturated heterocycles. The molecule has 7 nitrogen and oxygen atoms in total. The lowest BCUT2D eigenvalue weighted by atomic mass is 9.99. The Hall–Kier alpha value is -3.29. The molecule has 1 saturated carbocycles. The minimum Gasteiger partial charge on any atom is -0.492 e. The molecule has 0 radical (unpaired) electrons. The van der Waals surface area contributed by atoms with Crippen LogP contribution in [0.1, 0.15) is 42.2 Å². The molecule has 2 fully saturated rings. The third-order valence-corrected chi connectivity index (χ3v) is 6.22. The number of ether oxygens (including phenoxy) is 1. The lowest BCUT2D eigenvalue weighted by Crippen LogP contribution is -2.44. The van der Waals surface area contributed by atoms with Crippen LogP contribution in [0.4, 0.5) is 10.1 Å². The summed E-state index contributed by atoms with van der Waals surface area (Å²) in [6, 6.07) is 10.1. The highest BCUT2D eigenvalue weighted by molar-refractivity contribution is 5.78. The molecule has 156 valence electrons. The van der Waals surface area contributed by atoms with Crippen LogP contribution < -0.4 is 26.7 Å². The van der Waals surface area contributed by atoms with Crippen molar-refractivity contribution in [3.8, 4) is 5.75 Å². The van der Waals surface area contributed by atoms with Crippen LogP contribution in [0.3, 0.4) is 0 Å². The molecule has 5 rings (SSSR count). The van der Waals surface area contributed by atoms with E-state index in [0.717, 1.165) is 29.9 Å². The quantitative estimate of drug-likeness (QED) is 0.667. The fourth-order valence-corrected chi connectivity index (χ4v) is 4.59. The second kappa shape index (κ2) is 6.90. The summed E-state index contributed by atoms with van der Waals surface area (Å²) in [4.78, 5) is 27.3. The van der Waals surface area contributed by atoms with Gasteiger partial charge < -0.3 is 15.5 Å². The number of pyridine rings is 1. The molecule has 0 amide bonds. The fourth-order valence-electron chi connectivity index (χ4n) is 4.59. The van der Waals surface area contributed by atoms with E-state index in [1.165, 1.54) is 12.7 Å². The van der Waals surface area contributed by atoms with Crippen molar-refractivity contribution in [1.29, 1.82) is 0 Å². The summed E-state index contributed by atoms with van der Waals surface area (Å²) in [6.45, 7) is 1.28. The van der Waals surface area contributed by atoms with Crippen LogP contribution in [0.2, 0.25) is 0 Å². The van der Waals surface area contributed by atoms with E-state index in [1.807, 2.05) is 23.1 Å². The molecular formula is C22H23FN4O3. The number of methoxy groups -OCH3 is 1. The number of rotatable bonds is 4. The molecule has 1 unspecified atom stereocenters. The summed E-state index contributed by atoms with van der Waals surface area (Å²) in [7, 11) is 1.44. The average Bonchev–Trinajstić information content (AvgIpc) is 3.48. The van der Waals surface area contributed by atoms with Crippen molar-refractivity contribution < 1.29 is 9.13 Å².